The Morgan fingerprint density at radius 1 is 1.41 bits per heavy atom. The molecule has 17 heavy (non-hydrogen) atoms. The van der Waals surface area contributed by atoms with Crippen molar-refractivity contribution in [1.82, 2.24) is 10.2 Å². The minimum atomic E-state index is 0.136. The Kier molecular flexibility index (Phi) is 3.79. The largest absolute Gasteiger partial charge is 0.337 e. The molecule has 1 amide bonds. The molecule has 0 saturated carbocycles. The topological polar surface area (TPSA) is 32.3 Å². The minimum Gasteiger partial charge on any atom is -0.337 e. The van der Waals surface area contributed by atoms with E-state index in [4.69, 9.17) is 0 Å². The highest BCUT2D eigenvalue weighted by molar-refractivity contribution is 5.95. The van der Waals surface area contributed by atoms with Crippen molar-refractivity contribution < 1.29 is 4.79 Å². The lowest BCUT2D eigenvalue weighted by Gasteiger charge is -2.32. The summed E-state index contributed by atoms with van der Waals surface area (Å²) in [5, 5.41) is 3.34. The van der Waals surface area contributed by atoms with Gasteiger partial charge in [-0.2, -0.15) is 0 Å². The molecule has 0 spiro atoms. The lowest BCUT2D eigenvalue weighted by molar-refractivity contribution is 0.0707. The Morgan fingerprint density at radius 3 is 2.82 bits per heavy atom. The fourth-order valence-corrected chi connectivity index (χ4v) is 2.33. The average Bonchev–Trinajstić information content (AvgIpc) is 2.39. The summed E-state index contributed by atoms with van der Waals surface area (Å²) < 4.78 is 0. The normalized spacial score (nSPS) is 20.0. The van der Waals surface area contributed by atoms with Crippen LogP contribution in [0.25, 0.3) is 0 Å². The van der Waals surface area contributed by atoms with Crippen molar-refractivity contribution in [2.45, 2.75) is 25.8 Å². The van der Waals surface area contributed by atoms with Crippen molar-refractivity contribution in [3.05, 3.63) is 35.4 Å². The Hall–Kier alpha value is -1.35. The first-order chi connectivity index (χ1) is 8.20. The third-order valence-corrected chi connectivity index (χ3v) is 3.51. The number of benzene rings is 1. The quantitative estimate of drug-likeness (QED) is 0.843. The van der Waals surface area contributed by atoms with Crippen LogP contribution in [0.5, 0.6) is 0 Å². The predicted octanol–water partition coefficient (Wildman–Crippen LogP) is 1.82. The summed E-state index contributed by atoms with van der Waals surface area (Å²) in [5.74, 6) is 0.136. The van der Waals surface area contributed by atoms with E-state index in [2.05, 4.69) is 5.32 Å². The molecule has 1 atom stereocenters. The molecule has 1 aliphatic heterocycles. The summed E-state index contributed by atoms with van der Waals surface area (Å²) in [4.78, 5) is 14.2. The van der Waals surface area contributed by atoms with Gasteiger partial charge in [0.15, 0.2) is 0 Å². The molecule has 92 valence electrons. The van der Waals surface area contributed by atoms with Gasteiger partial charge in [0, 0.05) is 25.2 Å². The van der Waals surface area contributed by atoms with Crippen LogP contribution in [0, 0.1) is 6.92 Å². The maximum atomic E-state index is 12.4. The Morgan fingerprint density at radius 2 is 2.18 bits per heavy atom. The number of rotatable bonds is 2. The van der Waals surface area contributed by atoms with Gasteiger partial charge in [-0.15, -0.1) is 0 Å². The lowest BCUT2D eigenvalue weighted by atomic mass is 10.0. The molecule has 1 saturated heterocycles. The Balaban J connectivity index is 2.11. The second-order valence-corrected chi connectivity index (χ2v) is 4.73. The zero-order valence-electron chi connectivity index (χ0n) is 10.6. The van der Waals surface area contributed by atoms with E-state index in [1.165, 1.54) is 0 Å². The summed E-state index contributed by atoms with van der Waals surface area (Å²) >= 11 is 0. The number of carbonyl (C=O) groups excluding carboxylic acids is 1. The number of nitrogens with zero attached hydrogens (tertiary/aromatic N) is 1. The first-order valence-electron chi connectivity index (χ1n) is 6.23. The lowest BCUT2D eigenvalue weighted by Crippen LogP contribution is -2.46. The number of hydrogen-bond donors (Lipinski definition) is 1. The summed E-state index contributed by atoms with van der Waals surface area (Å²) in [6, 6.07) is 8.11. The van der Waals surface area contributed by atoms with E-state index in [-0.39, 0.29) is 5.91 Å². The Labute approximate surface area is 103 Å². The zero-order chi connectivity index (χ0) is 12.3. The highest BCUT2D eigenvalue weighted by atomic mass is 16.2. The monoisotopic (exact) mass is 232 g/mol. The number of aryl methyl sites for hydroxylation is 1. The maximum Gasteiger partial charge on any atom is 0.254 e. The van der Waals surface area contributed by atoms with E-state index < -0.39 is 0 Å². The van der Waals surface area contributed by atoms with Crippen LogP contribution in [0.3, 0.4) is 0 Å². The van der Waals surface area contributed by atoms with Crippen LogP contribution in [0.1, 0.15) is 28.8 Å². The van der Waals surface area contributed by atoms with Gasteiger partial charge in [0.05, 0.1) is 0 Å². The van der Waals surface area contributed by atoms with E-state index in [1.54, 1.807) is 0 Å². The van der Waals surface area contributed by atoms with Crippen LogP contribution in [-0.4, -0.2) is 37.0 Å². The average molecular weight is 232 g/mol. The third-order valence-electron chi connectivity index (χ3n) is 3.51. The van der Waals surface area contributed by atoms with E-state index in [9.17, 15) is 4.79 Å². The van der Waals surface area contributed by atoms with Crippen LogP contribution < -0.4 is 5.32 Å². The van der Waals surface area contributed by atoms with Gasteiger partial charge < -0.3 is 10.2 Å². The van der Waals surface area contributed by atoms with Crippen LogP contribution >= 0.6 is 0 Å². The van der Waals surface area contributed by atoms with Crippen LogP contribution in [0.2, 0.25) is 0 Å². The van der Waals surface area contributed by atoms with Crippen LogP contribution in [0.4, 0.5) is 0 Å². The summed E-state index contributed by atoms with van der Waals surface area (Å²) in [5.41, 5.74) is 1.87. The highest BCUT2D eigenvalue weighted by Crippen LogP contribution is 2.15. The van der Waals surface area contributed by atoms with Crippen molar-refractivity contribution in [3.8, 4) is 0 Å². The smallest absolute Gasteiger partial charge is 0.254 e. The van der Waals surface area contributed by atoms with Gasteiger partial charge in [-0.1, -0.05) is 18.2 Å². The van der Waals surface area contributed by atoms with Gasteiger partial charge in [-0.05, 0) is 37.9 Å². The van der Waals surface area contributed by atoms with E-state index >= 15 is 0 Å². The molecule has 1 aromatic rings. The summed E-state index contributed by atoms with van der Waals surface area (Å²) in [7, 11) is 1.91. The maximum absolute atomic E-state index is 12.4. The standard InChI is InChI=1S/C14H20N2O/c1-11-6-3-4-8-13(11)14(17)16(2)12-7-5-9-15-10-12/h3-4,6,8,12,15H,5,7,9-10H2,1-2H3. The number of nitrogens with one attached hydrogen (secondary N) is 1. The van der Waals surface area contributed by atoms with Crippen molar-refractivity contribution in [2.24, 2.45) is 0 Å². The molecule has 0 bridgehead atoms. The molecule has 1 aliphatic rings. The number of likely N-dealkylation sites (N-methyl/N-ethyl adjacent to an activating group) is 1. The van der Waals surface area contributed by atoms with E-state index in [0.29, 0.717) is 6.04 Å². The molecule has 0 radical (unpaired) electrons. The molecule has 1 aromatic carbocycles. The van der Waals surface area contributed by atoms with Gasteiger partial charge >= 0.3 is 0 Å². The van der Waals surface area contributed by atoms with Gasteiger partial charge in [-0.3, -0.25) is 4.79 Å². The number of piperidine rings is 1. The second kappa shape index (κ2) is 5.32. The number of hydrogen-bond acceptors (Lipinski definition) is 2. The molecule has 2 rings (SSSR count). The molecule has 1 heterocycles. The summed E-state index contributed by atoms with van der Waals surface area (Å²) in [6.07, 6.45) is 2.25. The molecular weight excluding hydrogens is 212 g/mol. The second-order valence-electron chi connectivity index (χ2n) is 4.73. The molecule has 1 N–H and O–H groups in total. The summed E-state index contributed by atoms with van der Waals surface area (Å²) in [6.45, 7) is 3.97. The van der Waals surface area contributed by atoms with Crippen LogP contribution in [0.15, 0.2) is 24.3 Å². The van der Waals surface area contributed by atoms with Crippen molar-refractivity contribution in [2.75, 3.05) is 20.1 Å². The van der Waals surface area contributed by atoms with E-state index in [0.717, 1.165) is 37.1 Å². The van der Waals surface area contributed by atoms with Gasteiger partial charge in [0.2, 0.25) is 0 Å². The zero-order valence-corrected chi connectivity index (χ0v) is 10.6. The number of carbonyl (C=O) groups is 1. The van der Waals surface area contributed by atoms with Crippen molar-refractivity contribution >= 4 is 5.91 Å². The van der Waals surface area contributed by atoms with Crippen molar-refractivity contribution in [3.63, 3.8) is 0 Å². The first-order valence-corrected chi connectivity index (χ1v) is 6.23. The SMILES string of the molecule is Cc1ccccc1C(=O)N(C)C1CCCNC1. The van der Waals surface area contributed by atoms with E-state index in [1.807, 2.05) is 43.1 Å². The molecule has 1 fully saturated rings. The fraction of sp³-hybridized carbons (Fsp3) is 0.500. The van der Waals surface area contributed by atoms with Gasteiger partial charge in [0.25, 0.3) is 5.91 Å². The molecule has 0 aliphatic carbocycles. The van der Waals surface area contributed by atoms with Crippen molar-refractivity contribution in [1.29, 1.82) is 0 Å². The molecule has 3 heteroatoms. The molecule has 0 aromatic heterocycles. The molecular formula is C14H20N2O. The fourth-order valence-electron chi connectivity index (χ4n) is 2.33. The third kappa shape index (κ3) is 2.67. The van der Waals surface area contributed by atoms with Crippen LogP contribution in [-0.2, 0) is 0 Å². The Bertz CT molecular complexity index is 397. The molecule has 3 nitrogen and oxygen atoms in total. The molecule has 1 unspecified atom stereocenters. The predicted molar refractivity (Wildman–Crippen MR) is 69.2 cm³/mol. The van der Waals surface area contributed by atoms with Gasteiger partial charge in [0.1, 0.15) is 0 Å². The minimum absolute atomic E-state index is 0.136. The first kappa shape index (κ1) is 12.1. The highest BCUT2D eigenvalue weighted by Gasteiger charge is 2.23. The van der Waals surface area contributed by atoms with Gasteiger partial charge in [-0.25, -0.2) is 0 Å². The number of amides is 1.